The summed E-state index contributed by atoms with van der Waals surface area (Å²) in [5, 5.41) is 3.09. The number of nitrogens with one attached hydrogen (secondary N) is 2. The molecular weight excluding hydrogens is 402 g/mol. The number of rotatable bonds is 5. The molecule has 148 valence electrons. The molecule has 0 spiro atoms. The molecule has 0 radical (unpaired) electrons. The van der Waals surface area contributed by atoms with Crippen LogP contribution in [0.4, 0.5) is 11.4 Å². The first-order valence-corrected chi connectivity index (χ1v) is 10.5. The summed E-state index contributed by atoms with van der Waals surface area (Å²) in [5.74, 6) is -0.457. The average molecular weight is 422 g/mol. The van der Waals surface area contributed by atoms with E-state index in [-0.39, 0.29) is 10.8 Å². The molecule has 1 saturated heterocycles. The summed E-state index contributed by atoms with van der Waals surface area (Å²) in [5.41, 5.74) is 1.73. The van der Waals surface area contributed by atoms with Crippen LogP contribution < -0.4 is 14.9 Å². The molecule has 2 aromatic rings. The zero-order valence-corrected chi connectivity index (χ0v) is 17.0. The van der Waals surface area contributed by atoms with E-state index in [9.17, 15) is 18.0 Å². The number of nitrogens with zero attached hydrogens (tertiary/aromatic N) is 1. The number of sulfonamides is 1. The number of hydrogen-bond donors (Lipinski definition) is 2. The maximum atomic E-state index is 12.7. The molecule has 0 aliphatic carbocycles. The van der Waals surface area contributed by atoms with Gasteiger partial charge in [0.05, 0.1) is 15.6 Å². The van der Waals surface area contributed by atoms with E-state index >= 15 is 0 Å². The van der Waals surface area contributed by atoms with Crippen molar-refractivity contribution in [3.8, 4) is 0 Å². The molecule has 28 heavy (non-hydrogen) atoms. The molecule has 0 aromatic heterocycles. The van der Waals surface area contributed by atoms with Crippen LogP contribution in [0.3, 0.4) is 0 Å². The summed E-state index contributed by atoms with van der Waals surface area (Å²) in [4.78, 5) is 26.3. The number of carbonyl (C=O) groups excluding carboxylic acids is 2. The van der Waals surface area contributed by atoms with E-state index in [2.05, 4.69) is 10.0 Å². The zero-order chi connectivity index (χ0) is 20.5. The molecule has 2 N–H and O–H groups in total. The van der Waals surface area contributed by atoms with E-state index in [1.165, 1.54) is 13.1 Å². The van der Waals surface area contributed by atoms with E-state index in [0.717, 1.165) is 6.42 Å². The molecule has 1 fully saturated rings. The van der Waals surface area contributed by atoms with Crippen LogP contribution in [0.2, 0.25) is 5.02 Å². The van der Waals surface area contributed by atoms with Gasteiger partial charge in [0.15, 0.2) is 0 Å². The Labute approximate surface area is 168 Å². The van der Waals surface area contributed by atoms with E-state index < -0.39 is 15.9 Å². The highest BCUT2D eigenvalue weighted by atomic mass is 35.5. The molecule has 1 aliphatic heterocycles. The van der Waals surface area contributed by atoms with E-state index in [4.69, 9.17) is 11.6 Å². The van der Waals surface area contributed by atoms with E-state index in [1.54, 1.807) is 42.2 Å². The van der Waals surface area contributed by atoms with Crippen LogP contribution in [0.25, 0.3) is 0 Å². The molecule has 0 bridgehead atoms. The minimum Gasteiger partial charge on any atom is -0.322 e. The Morgan fingerprint density at radius 2 is 1.93 bits per heavy atom. The fraction of sp³-hybridized carbons (Fsp3) is 0.263. The second-order valence-corrected chi connectivity index (χ2v) is 8.72. The van der Waals surface area contributed by atoms with Gasteiger partial charge in [-0.1, -0.05) is 17.7 Å². The molecule has 7 nitrogen and oxygen atoms in total. The number of aryl methyl sites for hydroxylation is 1. The SMILES string of the molecule is CNS(=O)(=O)c1cc(NC(=O)c2ccc(Cl)c(N3CCCC3=O)c2)ccc1C. The van der Waals surface area contributed by atoms with Crippen LogP contribution in [0.1, 0.15) is 28.8 Å². The number of benzene rings is 2. The van der Waals surface area contributed by atoms with Crippen LogP contribution in [0, 0.1) is 6.92 Å². The number of carbonyl (C=O) groups is 2. The summed E-state index contributed by atoms with van der Waals surface area (Å²) in [7, 11) is -2.32. The lowest BCUT2D eigenvalue weighted by molar-refractivity contribution is -0.117. The summed E-state index contributed by atoms with van der Waals surface area (Å²) in [6.07, 6.45) is 1.20. The van der Waals surface area contributed by atoms with Crippen molar-refractivity contribution < 1.29 is 18.0 Å². The summed E-state index contributed by atoms with van der Waals surface area (Å²) in [6.45, 7) is 2.24. The van der Waals surface area contributed by atoms with Crippen LogP contribution in [0.15, 0.2) is 41.3 Å². The summed E-state index contributed by atoms with van der Waals surface area (Å²) < 4.78 is 26.5. The Balaban J connectivity index is 1.88. The van der Waals surface area contributed by atoms with Crippen LogP contribution >= 0.6 is 11.6 Å². The van der Waals surface area contributed by atoms with Crippen LogP contribution in [-0.4, -0.2) is 33.8 Å². The zero-order valence-electron chi connectivity index (χ0n) is 15.5. The monoisotopic (exact) mass is 421 g/mol. The Hall–Kier alpha value is -2.42. The van der Waals surface area contributed by atoms with Gasteiger partial charge < -0.3 is 10.2 Å². The fourth-order valence-corrected chi connectivity index (χ4v) is 4.26. The Morgan fingerprint density at radius 1 is 1.18 bits per heavy atom. The predicted octanol–water partition coefficient (Wildman–Crippen LogP) is 2.94. The molecule has 2 amide bonds. The van der Waals surface area contributed by atoms with Gasteiger partial charge in [0.25, 0.3) is 5.91 Å². The molecular formula is C19H20ClN3O4S. The van der Waals surface area contributed by atoms with E-state index in [0.29, 0.717) is 40.5 Å². The number of hydrogen-bond acceptors (Lipinski definition) is 4. The smallest absolute Gasteiger partial charge is 0.255 e. The lowest BCUT2D eigenvalue weighted by Crippen LogP contribution is -2.24. The largest absolute Gasteiger partial charge is 0.322 e. The highest BCUT2D eigenvalue weighted by molar-refractivity contribution is 7.89. The van der Waals surface area contributed by atoms with Crippen molar-refractivity contribution in [2.24, 2.45) is 0 Å². The highest BCUT2D eigenvalue weighted by Gasteiger charge is 2.24. The third-order valence-corrected chi connectivity index (χ3v) is 6.45. The molecule has 0 atom stereocenters. The first-order chi connectivity index (χ1) is 13.2. The normalized spacial score (nSPS) is 14.4. The Bertz CT molecular complexity index is 1050. The number of anilines is 2. The van der Waals surface area contributed by atoms with Crippen molar-refractivity contribution in [2.75, 3.05) is 23.8 Å². The summed E-state index contributed by atoms with van der Waals surface area (Å²) in [6, 6.07) is 9.35. The topological polar surface area (TPSA) is 95.6 Å². The standard InChI is InChI=1S/C19H20ClN3O4S/c1-12-5-7-14(11-17(12)28(26,27)21-2)22-19(25)13-6-8-15(20)16(10-13)23-9-3-4-18(23)24/h5-8,10-11,21H,3-4,9H2,1-2H3,(H,22,25). The van der Waals surface area contributed by atoms with Crippen molar-refractivity contribution in [2.45, 2.75) is 24.7 Å². The van der Waals surface area contributed by atoms with Gasteiger partial charge in [0.2, 0.25) is 15.9 Å². The van der Waals surface area contributed by atoms with Crippen LogP contribution in [-0.2, 0) is 14.8 Å². The van der Waals surface area contributed by atoms with Gasteiger partial charge >= 0.3 is 0 Å². The predicted molar refractivity (Wildman–Crippen MR) is 108 cm³/mol. The van der Waals surface area contributed by atoms with Gasteiger partial charge in [-0.2, -0.15) is 0 Å². The number of amides is 2. The number of halogens is 1. The van der Waals surface area contributed by atoms with Crippen molar-refractivity contribution in [3.63, 3.8) is 0 Å². The third-order valence-electron chi connectivity index (χ3n) is 4.58. The van der Waals surface area contributed by atoms with Gasteiger partial charge in [0, 0.05) is 24.2 Å². The quantitative estimate of drug-likeness (QED) is 0.775. The van der Waals surface area contributed by atoms with Crippen molar-refractivity contribution in [3.05, 3.63) is 52.5 Å². The molecule has 1 heterocycles. The van der Waals surface area contributed by atoms with E-state index in [1.807, 2.05) is 0 Å². The van der Waals surface area contributed by atoms with Gasteiger partial charge in [-0.15, -0.1) is 0 Å². The molecule has 3 rings (SSSR count). The highest BCUT2D eigenvalue weighted by Crippen LogP contribution is 2.31. The minimum absolute atomic E-state index is 0.0279. The average Bonchev–Trinajstić information content (AvgIpc) is 3.09. The first-order valence-electron chi connectivity index (χ1n) is 8.68. The van der Waals surface area contributed by atoms with Crippen molar-refractivity contribution in [1.29, 1.82) is 0 Å². The lowest BCUT2D eigenvalue weighted by atomic mass is 10.1. The molecule has 9 heteroatoms. The molecule has 0 unspecified atom stereocenters. The van der Waals surface area contributed by atoms with Crippen molar-refractivity contribution >= 4 is 44.8 Å². The van der Waals surface area contributed by atoms with Gasteiger partial charge in [-0.25, -0.2) is 13.1 Å². The molecule has 2 aromatic carbocycles. The maximum Gasteiger partial charge on any atom is 0.255 e. The first kappa shape index (κ1) is 20.3. The van der Waals surface area contributed by atoms with Gasteiger partial charge in [-0.05, 0) is 56.3 Å². The minimum atomic E-state index is -3.64. The second kappa shape index (κ2) is 7.90. The van der Waals surface area contributed by atoms with Gasteiger partial charge in [-0.3, -0.25) is 9.59 Å². The summed E-state index contributed by atoms with van der Waals surface area (Å²) >= 11 is 6.21. The maximum absolute atomic E-state index is 12.7. The molecule has 0 saturated carbocycles. The Kier molecular flexibility index (Phi) is 5.74. The second-order valence-electron chi connectivity index (χ2n) is 6.46. The fourth-order valence-electron chi connectivity index (χ4n) is 3.04. The Morgan fingerprint density at radius 3 is 2.57 bits per heavy atom. The van der Waals surface area contributed by atoms with Crippen LogP contribution in [0.5, 0.6) is 0 Å². The van der Waals surface area contributed by atoms with Gasteiger partial charge in [0.1, 0.15) is 0 Å². The molecule has 1 aliphatic rings. The van der Waals surface area contributed by atoms with Crippen molar-refractivity contribution in [1.82, 2.24) is 4.72 Å². The lowest BCUT2D eigenvalue weighted by Gasteiger charge is -2.18. The third kappa shape index (κ3) is 4.04.